The second kappa shape index (κ2) is 8.91. The first-order valence-electron chi connectivity index (χ1n) is 6.80. The molecule has 1 N–H and O–H groups in total. The van der Waals surface area contributed by atoms with Gasteiger partial charge in [-0.15, -0.1) is 0 Å². The summed E-state index contributed by atoms with van der Waals surface area (Å²) in [6, 6.07) is 3.58. The van der Waals surface area contributed by atoms with E-state index in [4.69, 9.17) is 14.2 Å². The van der Waals surface area contributed by atoms with E-state index in [0.717, 1.165) is 16.7 Å². The fourth-order valence-electron chi connectivity index (χ4n) is 1.83. The van der Waals surface area contributed by atoms with Gasteiger partial charge in [0.2, 0.25) is 0 Å². The van der Waals surface area contributed by atoms with E-state index in [-0.39, 0.29) is 5.75 Å². The minimum absolute atomic E-state index is 0.253. The highest BCUT2D eigenvalue weighted by Crippen LogP contribution is 2.27. The van der Waals surface area contributed by atoms with Gasteiger partial charge < -0.3 is 19.3 Å². The van der Waals surface area contributed by atoms with Crippen LogP contribution < -0.4 is 0 Å². The molecule has 0 amide bonds. The molecule has 0 saturated heterocycles. The Hall–Kier alpha value is -1.10. The van der Waals surface area contributed by atoms with E-state index < -0.39 is 0 Å². The highest BCUT2D eigenvalue weighted by Gasteiger charge is 2.13. The molecule has 0 aliphatic heterocycles. The molecule has 0 spiro atoms. The van der Waals surface area contributed by atoms with Gasteiger partial charge in [-0.3, -0.25) is 0 Å². The lowest BCUT2D eigenvalue weighted by Crippen LogP contribution is -2.06. The van der Waals surface area contributed by atoms with Gasteiger partial charge in [0.05, 0.1) is 19.8 Å². The first-order chi connectivity index (χ1) is 9.24. The topological polar surface area (TPSA) is 47.9 Å². The number of aromatic hydroxyl groups is 1. The van der Waals surface area contributed by atoms with Crippen LogP contribution in [0.4, 0.5) is 0 Å². The second-order valence-electron chi connectivity index (χ2n) is 4.11. The Morgan fingerprint density at radius 2 is 1.32 bits per heavy atom. The van der Waals surface area contributed by atoms with E-state index >= 15 is 0 Å². The maximum Gasteiger partial charge on any atom is 0.121 e. The molecule has 0 heterocycles. The van der Waals surface area contributed by atoms with Crippen LogP contribution >= 0.6 is 0 Å². The van der Waals surface area contributed by atoms with Crippen LogP contribution in [-0.4, -0.2) is 24.9 Å². The third-order valence-electron chi connectivity index (χ3n) is 2.87. The van der Waals surface area contributed by atoms with Crippen LogP contribution in [0.3, 0.4) is 0 Å². The molecule has 0 unspecified atom stereocenters. The van der Waals surface area contributed by atoms with E-state index in [0.29, 0.717) is 39.6 Å². The summed E-state index contributed by atoms with van der Waals surface area (Å²) in [4.78, 5) is 0. The lowest BCUT2D eigenvalue weighted by molar-refractivity contribution is 0.110. The number of phenolic OH excluding ortho intramolecular Hbond substituents is 1. The predicted octanol–water partition coefficient (Wildman–Crippen LogP) is 3.00. The smallest absolute Gasteiger partial charge is 0.121 e. The molecule has 0 aliphatic rings. The predicted molar refractivity (Wildman–Crippen MR) is 74.1 cm³/mol. The zero-order valence-corrected chi connectivity index (χ0v) is 12.1. The molecular weight excluding hydrogens is 244 g/mol. The van der Waals surface area contributed by atoms with Crippen LogP contribution in [0.2, 0.25) is 0 Å². The van der Waals surface area contributed by atoms with Crippen LogP contribution in [0.5, 0.6) is 5.75 Å². The Morgan fingerprint density at radius 3 is 1.89 bits per heavy atom. The third kappa shape index (κ3) is 4.82. The highest BCUT2D eigenvalue weighted by molar-refractivity contribution is 5.43. The van der Waals surface area contributed by atoms with Crippen molar-refractivity contribution < 1.29 is 19.3 Å². The van der Waals surface area contributed by atoms with Gasteiger partial charge in [-0.25, -0.2) is 0 Å². The molecular formula is C15H24O4. The molecule has 4 nitrogen and oxygen atoms in total. The Kier molecular flexibility index (Phi) is 7.48. The molecule has 1 rings (SSSR count). The second-order valence-corrected chi connectivity index (χ2v) is 4.11. The molecule has 0 aliphatic carbocycles. The quantitative estimate of drug-likeness (QED) is 0.748. The number of hydrogen-bond acceptors (Lipinski definition) is 4. The monoisotopic (exact) mass is 268 g/mol. The van der Waals surface area contributed by atoms with Crippen LogP contribution in [0.1, 0.15) is 37.5 Å². The fourth-order valence-corrected chi connectivity index (χ4v) is 1.83. The largest absolute Gasteiger partial charge is 0.508 e. The Morgan fingerprint density at radius 1 is 0.789 bits per heavy atom. The van der Waals surface area contributed by atoms with Gasteiger partial charge in [0.1, 0.15) is 5.75 Å². The van der Waals surface area contributed by atoms with Crippen molar-refractivity contribution in [3.05, 3.63) is 28.8 Å². The van der Waals surface area contributed by atoms with Gasteiger partial charge in [-0.2, -0.15) is 0 Å². The van der Waals surface area contributed by atoms with Gasteiger partial charge in [-0.05, 0) is 38.0 Å². The van der Waals surface area contributed by atoms with Crippen LogP contribution in [-0.2, 0) is 34.0 Å². The molecule has 19 heavy (non-hydrogen) atoms. The summed E-state index contributed by atoms with van der Waals surface area (Å²) in [5.41, 5.74) is 2.82. The Bertz CT molecular complexity index is 377. The maximum absolute atomic E-state index is 9.99. The molecule has 4 heteroatoms. The van der Waals surface area contributed by atoms with Gasteiger partial charge in [0.15, 0.2) is 0 Å². The van der Waals surface area contributed by atoms with Crippen molar-refractivity contribution in [1.82, 2.24) is 0 Å². The van der Waals surface area contributed by atoms with E-state index in [1.54, 1.807) is 6.07 Å². The standard InChI is InChI=1S/C15H24O4/c1-4-17-9-12-7-8-15(16)14(11-19-6-3)13(12)10-18-5-2/h7-8,16H,4-6,9-11H2,1-3H3. The molecule has 0 fully saturated rings. The van der Waals surface area contributed by atoms with Crippen molar-refractivity contribution in [3.63, 3.8) is 0 Å². The number of ether oxygens (including phenoxy) is 3. The van der Waals surface area contributed by atoms with Crippen molar-refractivity contribution in [2.75, 3.05) is 19.8 Å². The summed E-state index contributed by atoms with van der Waals surface area (Å²) in [6.07, 6.45) is 0. The van der Waals surface area contributed by atoms with E-state index in [2.05, 4.69) is 0 Å². The average Bonchev–Trinajstić information content (AvgIpc) is 2.42. The minimum atomic E-state index is 0.253. The molecule has 0 saturated carbocycles. The van der Waals surface area contributed by atoms with E-state index in [1.165, 1.54) is 0 Å². The molecule has 0 bridgehead atoms. The average molecular weight is 268 g/mol. The normalized spacial score (nSPS) is 10.9. The molecule has 1 aromatic rings. The first-order valence-corrected chi connectivity index (χ1v) is 6.80. The summed E-state index contributed by atoms with van der Waals surface area (Å²) >= 11 is 0. The maximum atomic E-state index is 9.99. The molecule has 0 atom stereocenters. The van der Waals surface area contributed by atoms with Gasteiger partial charge in [0.25, 0.3) is 0 Å². The number of hydrogen-bond donors (Lipinski definition) is 1. The molecule has 0 radical (unpaired) electrons. The van der Waals surface area contributed by atoms with Gasteiger partial charge in [-0.1, -0.05) is 6.07 Å². The lowest BCUT2D eigenvalue weighted by Gasteiger charge is -2.16. The molecule has 1 aromatic carbocycles. The highest BCUT2D eigenvalue weighted by atomic mass is 16.5. The summed E-state index contributed by atoms with van der Waals surface area (Å²) in [5.74, 6) is 0.253. The summed E-state index contributed by atoms with van der Waals surface area (Å²) in [7, 11) is 0. The SMILES string of the molecule is CCOCc1ccc(O)c(COCC)c1COCC. The Balaban J connectivity index is 3.00. The van der Waals surface area contributed by atoms with Crippen LogP contribution in [0.15, 0.2) is 12.1 Å². The molecule has 0 aromatic heterocycles. The van der Waals surface area contributed by atoms with Crippen molar-refractivity contribution >= 4 is 0 Å². The molecule has 108 valence electrons. The van der Waals surface area contributed by atoms with E-state index in [9.17, 15) is 5.11 Å². The van der Waals surface area contributed by atoms with Crippen molar-refractivity contribution in [1.29, 1.82) is 0 Å². The van der Waals surface area contributed by atoms with Gasteiger partial charge >= 0.3 is 0 Å². The first kappa shape index (κ1) is 16.0. The number of benzene rings is 1. The van der Waals surface area contributed by atoms with Crippen molar-refractivity contribution in [2.45, 2.75) is 40.6 Å². The summed E-state index contributed by atoms with van der Waals surface area (Å²) in [6.45, 7) is 9.15. The van der Waals surface area contributed by atoms with E-state index in [1.807, 2.05) is 26.8 Å². The lowest BCUT2D eigenvalue weighted by atomic mass is 10.0. The fraction of sp³-hybridized carbons (Fsp3) is 0.600. The zero-order chi connectivity index (χ0) is 14.1. The summed E-state index contributed by atoms with van der Waals surface area (Å²) < 4.78 is 16.4. The summed E-state index contributed by atoms with van der Waals surface area (Å²) in [5, 5.41) is 9.99. The zero-order valence-electron chi connectivity index (χ0n) is 12.1. The minimum Gasteiger partial charge on any atom is -0.508 e. The Labute approximate surface area is 115 Å². The van der Waals surface area contributed by atoms with Crippen LogP contribution in [0, 0.1) is 0 Å². The van der Waals surface area contributed by atoms with Crippen molar-refractivity contribution in [3.8, 4) is 5.75 Å². The van der Waals surface area contributed by atoms with Crippen LogP contribution in [0.25, 0.3) is 0 Å². The number of rotatable bonds is 9. The van der Waals surface area contributed by atoms with Crippen molar-refractivity contribution in [2.24, 2.45) is 0 Å². The van der Waals surface area contributed by atoms with Gasteiger partial charge in [0, 0.05) is 25.4 Å². The third-order valence-corrected chi connectivity index (χ3v) is 2.87. The number of phenols is 1.